The second-order valence-electron chi connectivity index (χ2n) is 5.64. The van der Waals surface area contributed by atoms with Gasteiger partial charge >= 0.3 is 0 Å². The van der Waals surface area contributed by atoms with E-state index in [1.165, 1.54) is 0 Å². The zero-order valence-electron chi connectivity index (χ0n) is 12.3. The van der Waals surface area contributed by atoms with Gasteiger partial charge in [0.05, 0.1) is 11.4 Å². The smallest absolute Gasteiger partial charge is 0.273 e. The zero-order chi connectivity index (χ0) is 14.6. The van der Waals surface area contributed by atoms with E-state index in [0.29, 0.717) is 17.9 Å². The number of rotatable bonds is 8. The second kappa shape index (κ2) is 6.26. The molecule has 1 amide bonds. The van der Waals surface area contributed by atoms with E-state index in [9.17, 15) is 4.79 Å². The fourth-order valence-corrected chi connectivity index (χ4v) is 2.36. The molecule has 1 aromatic heterocycles. The van der Waals surface area contributed by atoms with E-state index in [-0.39, 0.29) is 11.3 Å². The Labute approximate surface area is 119 Å². The molecule has 20 heavy (non-hydrogen) atoms. The van der Waals surface area contributed by atoms with Crippen molar-refractivity contribution in [1.29, 1.82) is 0 Å². The van der Waals surface area contributed by atoms with Crippen molar-refractivity contribution in [3.63, 3.8) is 0 Å². The van der Waals surface area contributed by atoms with Gasteiger partial charge in [-0.15, -0.1) is 0 Å². The summed E-state index contributed by atoms with van der Waals surface area (Å²) in [5, 5.41) is 9.83. The van der Waals surface area contributed by atoms with Crippen LogP contribution in [-0.4, -0.2) is 36.4 Å². The molecule has 1 aromatic rings. The van der Waals surface area contributed by atoms with Crippen molar-refractivity contribution in [2.45, 2.75) is 39.0 Å². The minimum atomic E-state index is -0.190. The Morgan fingerprint density at radius 3 is 2.90 bits per heavy atom. The number of carbonyl (C=O) groups is 1. The number of aryl methyl sites for hydroxylation is 1. The molecule has 1 aliphatic carbocycles. The molecule has 0 radical (unpaired) electrons. The highest BCUT2D eigenvalue weighted by atomic mass is 16.5. The van der Waals surface area contributed by atoms with Crippen LogP contribution in [0.1, 0.15) is 48.8 Å². The topological polar surface area (TPSA) is 93.0 Å². The van der Waals surface area contributed by atoms with E-state index in [0.717, 1.165) is 44.4 Å². The van der Waals surface area contributed by atoms with Crippen LogP contribution in [0.5, 0.6) is 0 Å². The third-order valence-corrected chi connectivity index (χ3v) is 4.02. The Kier molecular flexibility index (Phi) is 4.65. The number of nitrogen functional groups attached to an aromatic ring is 1. The van der Waals surface area contributed by atoms with Crippen molar-refractivity contribution >= 4 is 11.6 Å². The van der Waals surface area contributed by atoms with E-state index in [1.54, 1.807) is 7.11 Å². The number of methoxy groups -OCH3 is 1. The lowest BCUT2D eigenvalue weighted by Gasteiger charge is -2.15. The Morgan fingerprint density at radius 2 is 2.30 bits per heavy atom. The van der Waals surface area contributed by atoms with Gasteiger partial charge in [0.1, 0.15) is 0 Å². The van der Waals surface area contributed by atoms with Crippen LogP contribution in [0.25, 0.3) is 0 Å². The molecule has 0 bridgehead atoms. The van der Waals surface area contributed by atoms with E-state index in [1.807, 2.05) is 0 Å². The van der Waals surface area contributed by atoms with Crippen molar-refractivity contribution in [3.05, 3.63) is 11.4 Å². The highest BCUT2D eigenvalue weighted by Crippen LogP contribution is 2.48. The maximum atomic E-state index is 12.1. The Morgan fingerprint density at radius 1 is 1.55 bits per heavy atom. The summed E-state index contributed by atoms with van der Waals surface area (Å²) in [4.78, 5) is 12.1. The van der Waals surface area contributed by atoms with Gasteiger partial charge in [-0.1, -0.05) is 13.3 Å². The summed E-state index contributed by atoms with van der Waals surface area (Å²) in [5.74, 6) is -0.190. The molecule has 1 heterocycles. The summed E-state index contributed by atoms with van der Waals surface area (Å²) in [7, 11) is 1.70. The predicted octanol–water partition coefficient (Wildman–Crippen LogP) is 1.49. The molecule has 2 rings (SSSR count). The highest BCUT2D eigenvalue weighted by molar-refractivity contribution is 5.97. The second-order valence-corrected chi connectivity index (χ2v) is 5.64. The van der Waals surface area contributed by atoms with E-state index in [2.05, 4.69) is 22.4 Å². The third kappa shape index (κ3) is 3.30. The SMILES string of the molecule is CCCc1[nH]nc(C(=O)NCC2(CCOC)CC2)c1N. The van der Waals surface area contributed by atoms with Crippen LogP contribution in [0.4, 0.5) is 5.69 Å². The number of carbonyl (C=O) groups excluding carboxylic acids is 1. The Bertz CT molecular complexity index is 466. The summed E-state index contributed by atoms with van der Waals surface area (Å²) in [6.07, 6.45) is 5.06. The minimum Gasteiger partial charge on any atom is -0.395 e. The van der Waals surface area contributed by atoms with Gasteiger partial charge in [0.15, 0.2) is 5.69 Å². The summed E-state index contributed by atoms with van der Waals surface area (Å²) < 4.78 is 5.11. The fourth-order valence-electron chi connectivity index (χ4n) is 2.36. The standard InChI is InChI=1S/C14H24N4O2/c1-3-4-10-11(15)12(18-17-10)13(19)16-9-14(5-6-14)7-8-20-2/h3-9,15H2,1-2H3,(H,16,19)(H,17,18). The largest absolute Gasteiger partial charge is 0.395 e. The van der Waals surface area contributed by atoms with Gasteiger partial charge < -0.3 is 15.8 Å². The number of aromatic amines is 1. The fraction of sp³-hybridized carbons (Fsp3) is 0.714. The van der Waals surface area contributed by atoms with Crippen molar-refractivity contribution in [3.8, 4) is 0 Å². The van der Waals surface area contributed by atoms with Crippen LogP contribution in [-0.2, 0) is 11.2 Å². The normalized spacial score (nSPS) is 16.1. The average Bonchev–Trinajstić information content (AvgIpc) is 3.13. The molecule has 1 aliphatic rings. The molecule has 0 saturated heterocycles. The van der Waals surface area contributed by atoms with Crippen molar-refractivity contribution in [2.24, 2.45) is 5.41 Å². The van der Waals surface area contributed by atoms with Crippen molar-refractivity contribution < 1.29 is 9.53 Å². The first-order chi connectivity index (χ1) is 9.62. The molecule has 0 spiro atoms. The molecule has 0 atom stereocenters. The van der Waals surface area contributed by atoms with Crippen LogP contribution in [0.2, 0.25) is 0 Å². The highest BCUT2D eigenvalue weighted by Gasteiger charge is 2.42. The van der Waals surface area contributed by atoms with E-state index >= 15 is 0 Å². The Hall–Kier alpha value is -1.56. The van der Waals surface area contributed by atoms with E-state index < -0.39 is 0 Å². The Balaban J connectivity index is 1.89. The molecule has 0 aliphatic heterocycles. The van der Waals surface area contributed by atoms with E-state index in [4.69, 9.17) is 10.5 Å². The van der Waals surface area contributed by atoms with Gasteiger partial charge in [0.25, 0.3) is 5.91 Å². The summed E-state index contributed by atoms with van der Waals surface area (Å²) in [6, 6.07) is 0. The van der Waals surface area contributed by atoms with Gasteiger partial charge in [-0.25, -0.2) is 0 Å². The summed E-state index contributed by atoms with van der Waals surface area (Å²) >= 11 is 0. The van der Waals surface area contributed by atoms with Gasteiger partial charge in [-0.3, -0.25) is 9.89 Å². The maximum Gasteiger partial charge on any atom is 0.273 e. The third-order valence-electron chi connectivity index (χ3n) is 4.02. The summed E-state index contributed by atoms with van der Waals surface area (Å²) in [6.45, 7) is 3.47. The molecule has 1 fully saturated rings. The number of nitrogens with two attached hydrogens (primary N) is 1. The molecule has 0 aromatic carbocycles. The predicted molar refractivity (Wildman–Crippen MR) is 77.5 cm³/mol. The quantitative estimate of drug-likeness (QED) is 0.672. The van der Waals surface area contributed by atoms with Crippen LogP contribution < -0.4 is 11.1 Å². The van der Waals surface area contributed by atoms with Crippen LogP contribution in [0, 0.1) is 5.41 Å². The van der Waals surface area contributed by atoms with Gasteiger partial charge in [-0.2, -0.15) is 5.10 Å². The zero-order valence-corrected chi connectivity index (χ0v) is 12.3. The number of nitrogens with zero attached hydrogens (tertiary/aromatic N) is 1. The first-order valence-corrected chi connectivity index (χ1v) is 7.22. The number of amides is 1. The first-order valence-electron chi connectivity index (χ1n) is 7.22. The maximum absolute atomic E-state index is 12.1. The molecule has 6 heteroatoms. The molecular formula is C14H24N4O2. The molecule has 112 valence electrons. The van der Waals surface area contributed by atoms with Gasteiger partial charge in [0, 0.05) is 20.3 Å². The molecule has 4 N–H and O–H groups in total. The van der Waals surface area contributed by atoms with Crippen molar-refractivity contribution in [2.75, 3.05) is 26.0 Å². The number of ether oxygens (including phenoxy) is 1. The van der Waals surface area contributed by atoms with Gasteiger partial charge in [-0.05, 0) is 31.1 Å². The monoisotopic (exact) mass is 280 g/mol. The minimum absolute atomic E-state index is 0.190. The number of nitrogens with one attached hydrogen (secondary N) is 2. The summed E-state index contributed by atoms with van der Waals surface area (Å²) in [5.41, 5.74) is 7.82. The lowest BCUT2D eigenvalue weighted by molar-refractivity contribution is 0.0934. The number of aromatic nitrogens is 2. The lowest BCUT2D eigenvalue weighted by atomic mass is 10.0. The number of H-pyrrole nitrogens is 1. The lowest BCUT2D eigenvalue weighted by Crippen LogP contribution is -2.31. The molecular weight excluding hydrogens is 256 g/mol. The number of hydrogen-bond donors (Lipinski definition) is 3. The van der Waals surface area contributed by atoms with Crippen molar-refractivity contribution in [1.82, 2.24) is 15.5 Å². The first kappa shape index (κ1) is 14.8. The molecule has 0 unspecified atom stereocenters. The average molecular weight is 280 g/mol. The van der Waals surface area contributed by atoms with Crippen LogP contribution in [0.15, 0.2) is 0 Å². The molecule has 6 nitrogen and oxygen atoms in total. The number of hydrogen-bond acceptors (Lipinski definition) is 4. The van der Waals surface area contributed by atoms with Crippen LogP contribution >= 0.6 is 0 Å². The van der Waals surface area contributed by atoms with Gasteiger partial charge in [0.2, 0.25) is 0 Å². The molecule has 1 saturated carbocycles. The number of anilines is 1. The van der Waals surface area contributed by atoms with Crippen LogP contribution in [0.3, 0.4) is 0 Å².